The van der Waals surface area contributed by atoms with Crippen molar-refractivity contribution in [2.24, 2.45) is 0 Å². The summed E-state index contributed by atoms with van der Waals surface area (Å²) in [6.45, 7) is 4.02. The summed E-state index contributed by atoms with van der Waals surface area (Å²) >= 11 is 0. The van der Waals surface area contributed by atoms with Crippen LogP contribution in [0.1, 0.15) is 46.5 Å². The summed E-state index contributed by atoms with van der Waals surface area (Å²) in [5.74, 6) is 0. The van der Waals surface area contributed by atoms with Gasteiger partial charge in [-0.1, -0.05) is 0 Å². The number of amides is 1. The minimum Gasteiger partial charge on any atom is -0.444 e. The minimum absolute atomic E-state index is 0.197. The first-order chi connectivity index (χ1) is 9.05. The molecule has 0 radical (unpaired) electrons. The van der Waals surface area contributed by atoms with E-state index in [0.29, 0.717) is 12.8 Å². The van der Waals surface area contributed by atoms with E-state index in [1.54, 1.807) is 20.8 Å². The molecule has 2 atom stereocenters. The van der Waals surface area contributed by atoms with Crippen molar-refractivity contribution in [3.05, 3.63) is 0 Å². The van der Waals surface area contributed by atoms with Crippen molar-refractivity contribution in [1.82, 2.24) is 5.32 Å². The van der Waals surface area contributed by atoms with Crippen LogP contribution in [0.15, 0.2) is 0 Å². The fourth-order valence-corrected chi connectivity index (χ4v) is 2.11. The van der Waals surface area contributed by atoms with E-state index in [9.17, 15) is 18.0 Å². The first-order valence-electron chi connectivity index (χ1n) is 6.73. The molecule has 118 valence electrons. The summed E-state index contributed by atoms with van der Waals surface area (Å²) < 4.78 is 46.2. The van der Waals surface area contributed by atoms with Crippen LogP contribution in [-0.4, -0.2) is 36.6 Å². The molecule has 4 nitrogen and oxygen atoms in total. The van der Waals surface area contributed by atoms with Crippen LogP contribution in [0.25, 0.3) is 0 Å². The summed E-state index contributed by atoms with van der Waals surface area (Å²) in [5, 5.41) is 2.68. The molecule has 2 unspecified atom stereocenters. The van der Waals surface area contributed by atoms with Crippen LogP contribution in [0.2, 0.25) is 0 Å². The van der Waals surface area contributed by atoms with Crippen molar-refractivity contribution in [3.63, 3.8) is 0 Å². The SMILES string of the molecule is CC(C)(C)OC(=O)NC1CCCC(OCC(F)(F)F)C1. The van der Waals surface area contributed by atoms with Gasteiger partial charge in [-0.3, -0.25) is 0 Å². The van der Waals surface area contributed by atoms with Gasteiger partial charge in [0.15, 0.2) is 0 Å². The average Bonchev–Trinajstić information content (AvgIpc) is 2.23. The molecule has 0 aromatic rings. The fourth-order valence-electron chi connectivity index (χ4n) is 2.11. The lowest BCUT2D eigenvalue weighted by Crippen LogP contribution is -2.43. The van der Waals surface area contributed by atoms with Gasteiger partial charge in [0, 0.05) is 6.04 Å². The lowest BCUT2D eigenvalue weighted by Gasteiger charge is -2.30. The predicted molar refractivity (Wildman–Crippen MR) is 67.4 cm³/mol. The molecule has 0 saturated heterocycles. The van der Waals surface area contributed by atoms with E-state index in [0.717, 1.165) is 12.8 Å². The molecule has 0 spiro atoms. The van der Waals surface area contributed by atoms with Crippen molar-refractivity contribution in [1.29, 1.82) is 0 Å². The standard InChI is InChI=1S/C13H22F3NO3/c1-12(2,3)20-11(18)17-9-5-4-6-10(7-9)19-8-13(14,15)16/h9-10H,4-8H2,1-3H3,(H,17,18). The van der Waals surface area contributed by atoms with Crippen LogP contribution < -0.4 is 5.32 Å². The summed E-state index contributed by atoms with van der Waals surface area (Å²) in [6.07, 6.45) is -2.90. The third-order valence-electron chi connectivity index (χ3n) is 2.83. The van der Waals surface area contributed by atoms with Crippen molar-refractivity contribution >= 4 is 6.09 Å². The number of nitrogens with one attached hydrogen (secondary N) is 1. The van der Waals surface area contributed by atoms with Gasteiger partial charge >= 0.3 is 12.3 Å². The van der Waals surface area contributed by atoms with Gasteiger partial charge in [-0.15, -0.1) is 0 Å². The lowest BCUT2D eigenvalue weighted by atomic mass is 9.93. The quantitative estimate of drug-likeness (QED) is 0.868. The smallest absolute Gasteiger partial charge is 0.411 e. The number of carbonyl (C=O) groups is 1. The van der Waals surface area contributed by atoms with Crippen LogP contribution in [0.4, 0.5) is 18.0 Å². The molecular formula is C13H22F3NO3. The first-order valence-corrected chi connectivity index (χ1v) is 6.73. The number of carbonyl (C=O) groups excluding carboxylic acids is 1. The highest BCUT2D eigenvalue weighted by Crippen LogP contribution is 2.24. The molecule has 1 aliphatic rings. The van der Waals surface area contributed by atoms with Gasteiger partial charge in [-0.2, -0.15) is 13.2 Å². The van der Waals surface area contributed by atoms with Gasteiger partial charge in [-0.05, 0) is 46.5 Å². The molecule has 0 aliphatic heterocycles. The van der Waals surface area contributed by atoms with E-state index < -0.39 is 30.6 Å². The Morgan fingerprint density at radius 3 is 2.45 bits per heavy atom. The molecule has 0 aromatic carbocycles. The molecule has 0 aromatic heterocycles. The van der Waals surface area contributed by atoms with E-state index >= 15 is 0 Å². The zero-order valence-corrected chi connectivity index (χ0v) is 12.0. The average molecular weight is 297 g/mol. The highest BCUT2D eigenvalue weighted by molar-refractivity contribution is 5.68. The molecule has 1 amide bonds. The molecule has 1 rings (SSSR count). The fraction of sp³-hybridized carbons (Fsp3) is 0.923. The highest BCUT2D eigenvalue weighted by atomic mass is 19.4. The Kier molecular flexibility index (Phi) is 5.68. The monoisotopic (exact) mass is 297 g/mol. The second kappa shape index (κ2) is 6.65. The predicted octanol–water partition coefficient (Wildman–Crippen LogP) is 3.40. The summed E-state index contributed by atoms with van der Waals surface area (Å²) in [7, 11) is 0. The Balaban J connectivity index is 2.35. The number of hydrogen-bond acceptors (Lipinski definition) is 3. The minimum atomic E-state index is -4.31. The Morgan fingerprint density at radius 1 is 1.25 bits per heavy atom. The van der Waals surface area contributed by atoms with Gasteiger partial charge in [0.05, 0.1) is 6.10 Å². The van der Waals surface area contributed by atoms with E-state index in [4.69, 9.17) is 9.47 Å². The second-order valence-electron chi connectivity index (χ2n) is 6.06. The number of alkyl carbamates (subject to hydrolysis) is 1. The Morgan fingerprint density at radius 2 is 1.90 bits per heavy atom. The number of hydrogen-bond donors (Lipinski definition) is 1. The normalized spacial score (nSPS) is 24.3. The van der Waals surface area contributed by atoms with Gasteiger partial charge in [-0.25, -0.2) is 4.79 Å². The van der Waals surface area contributed by atoms with Crippen LogP contribution in [0, 0.1) is 0 Å². The van der Waals surface area contributed by atoms with Gasteiger partial charge in [0.2, 0.25) is 0 Å². The molecule has 0 bridgehead atoms. The summed E-state index contributed by atoms with van der Waals surface area (Å²) in [6, 6.07) is -0.197. The maximum atomic E-state index is 12.1. The van der Waals surface area contributed by atoms with E-state index in [1.165, 1.54) is 0 Å². The number of alkyl halides is 3. The lowest BCUT2D eigenvalue weighted by molar-refractivity contribution is -0.188. The van der Waals surface area contributed by atoms with Crippen molar-refractivity contribution < 1.29 is 27.4 Å². The summed E-state index contributed by atoms with van der Waals surface area (Å²) in [4.78, 5) is 11.6. The topological polar surface area (TPSA) is 47.6 Å². The van der Waals surface area contributed by atoms with Crippen LogP contribution in [0.3, 0.4) is 0 Å². The van der Waals surface area contributed by atoms with E-state index in [-0.39, 0.29) is 6.04 Å². The van der Waals surface area contributed by atoms with Crippen LogP contribution >= 0.6 is 0 Å². The Hall–Kier alpha value is -0.980. The zero-order chi connectivity index (χ0) is 15.4. The van der Waals surface area contributed by atoms with Crippen molar-refractivity contribution in [2.45, 2.75) is 70.4 Å². The van der Waals surface area contributed by atoms with E-state index in [1.807, 2.05) is 0 Å². The number of ether oxygens (including phenoxy) is 2. The van der Waals surface area contributed by atoms with E-state index in [2.05, 4.69) is 5.32 Å². The zero-order valence-electron chi connectivity index (χ0n) is 12.0. The maximum absolute atomic E-state index is 12.1. The molecule has 20 heavy (non-hydrogen) atoms. The second-order valence-corrected chi connectivity index (χ2v) is 6.06. The summed E-state index contributed by atoms with van der Waals surface area (Å²) in [5.41, 5.74) is -0.592. The Bertz CT molecular complexity index is 326. The molecule has 1 saturated carbocycles. The largest absolute Gasteiger partial charge is 0.444 e. The molecule has 1 aliphatic carbocycles. The highest BCUT2D eigenvalue weighted by Gasteiger charge is 2.32. The molecule has 7 heteroatoms. The third-order valence-corrected chi connectivity index (χ3v) is 2.83. The van der Waals surface area contributed by atoms with Crippen LogP contribution in [-0.2, 0) is 9.47 Å². The van der Waals surface area contributed by atoms with Gasteiger partial charge in [0.1, 0.15) is 12.2 Å². The van der Waals surface area contributed by atoms with Crippen LogP contribution in [0.5, 0.6) is 0 Å². The van der Waals surface area contributed by atoms with Gasteiger partial charge < -0.3 is 14.8 Å². The molecule has 1 fully saturated rings. The molecule has 0 heterocycles. The molecule has 1 N–H and O–H groups in total. The molecular weight excluding hydrogens is 275 g/mol. The number of halogens is 3. The first kappa shape index (κ1) is 17.1. The maximum Gasteiger partial charge on any atom is 0.411 e. The van der Waals surface area contributed by atoms with Crippen molar-refractivity contribution in [3.8, 4) is 0 Å². The number of rotatable bonds is 3. The van der Waals surface area contributed by atoms with Crippen molar-refractivity contribution in [2.75, 3.05) is 6.61 Å². The third kappa shape index (κ3) is 7.57. The Labute approximate surface area is 117 Å². The van der Waals surface area contributed by atoms with Gasteiger partial charge in [0.25, 0.3) is 0 Å².